The van der Waals surface area contributed by atoms with E-state index in [4.69, 9.17) is 0 Å². The van der Waals surface area contributed by atoms with Crippen molar-refractivity contribution in [3.05, 3.63) is 0 Å². The Morgan fingerprint density at radius 2 is 1.88 bits per heavy atom. The molecule has 0 spiro atoms. The number of piperidine rings is 2. The molecule has 4 heteroatoms. The molecule has 1 N–H and O–H groups in total. The Labute approximate surface area is 104 Å². The summed E-state index contributed by atoms with van der Waals surface area (Å²) in [7, 11) is 4.26. The Balaban J connectivity index is 1.81. The first-order valence-electron chi connectivity index (χ1n) is 6.87. The molecule has 0 aliphatic carbocycles. The minimum absolute atomic E-state index is 0.0969. The molecule has 0 aromatic heterocycles. The highest BCUT2D eigenvalue weighted by Crippen LogP contribution is 2.17. The SMILES string of the molecule is CN(C)C1CCN(C(=O)C2CCCCN2)CC1. The smallest absolute Gasteiger partial charge is 0.239 e. The van der Waals surface area contributed by atoms with Gasteiger partial charge in [0, 0.05) is 19.1 Å². The first-order chi connectivity index (χ1) is 8.18. The number of rotatable bonds is 2. The van der Waals surface area contributed by atoms with E-state index in [9.17, 15) is 4.79 Å². The van der Waals surface area contributed by atoms with Gasteiger partial charge in [-0.2, -0.15) is 0 Å². The highest BCUT2D eigenvalue weighted by molar-refractivity contribution is 5.82. The summed E-state index contributed by atoms with van der Waals surface area (Å²) in [5.41, 5.74) is 0. The highest BCUT2D eigenvalue weighted by Gasteiger charge is 2.29. The third kappa shape index (κ3) is 3.19. The van der Waals surface area contributed by atoms with Gasteiger partial charge in [-0.15, -0.1) is 0 Å². The molecular formula is C13H25N3O. The highest BCUT2D eigenvalue weighted by atomic mass is 16.2. The van der Waals surface area contributed by atoms with E-state index in [0.717, 1.165) is 38.9 Å². The van der Waals surface area contributed by atoms with Gasteiger partial charge in [0.25, 0.3) is 0 Å². The molecule has 4 nitrogen and oxygen atoms in total. The fourth-order valence-electron chi connectivity index (χ4n) is 2.89. The number of amides is 1. The maximum atomic E-state index is 12.3. The standard InChI is InChI=1S/C13H25N3O/c1-15(2)11-6-9-16(10-7-11)13(17)12-5-3-4-8-14-12/h11-12,14H,3-10H2,1-2H3. The van der Waals surface area contributed by atoms with Gasteiger partial charge in [-0.3, -0.25) is 4.79 Å². The van der Waals surface area contributed by atoms with E-state index >= 15 is 0 Å². The summed E-state index contributed by atoms with van der Waals surface area (Å²) < 4.78 is 0. The molecule has 2 rings (SSSR count). The molecule has 98 valence electrons. The maximum Gasteiger partial charge on any atom is 0.239 e. The van der Waals surface area contributed by atoms with E-state index < -0.39 is 0 Å². The van der Waals surface area contributed by atoms with Crippen LogP contribution in [-0.2, 0) is 4.79 Å². The van der Waals surface area contributed by atoms with Crippen LogP contribution < -0.4 is 5.32 Å². The van der Waals surface area contributed by atoms with Crippen molar-refractivity contribution in [1.29, 1.82) is 0 Å². The Morgan fingerprint density at radius 1 is 1.18 bits per heavy atom. The summed E-state index contributed by atoms with van der Waals surface area (Å²) in [5, 5.41) is 3.35. The van der Waals surface area contributed by atoms with Crippen molar-refractivity contribution in [2.24, 2.45) is 0 Å². The summed E-state index contributed by atoms with van der Waals surface area (Å²) in [4.78, 5) is 16.6. The fourth-order valence-corrected chi connectivity index (χ4v) is 2.89. The molecule has 2 aliphatic rings. The number of hydrogen-bond acceptors (Lipinski definition) is 3. The largest absolute Gasteiger partial charge is 0.341 e. The minimum atomic E-state index is 0.0969. The number of carbonyl (C=O) groups is 1. The molecular weight excluding hydrogens is 214 g/mol. The zero-order valence-electron chi connectivity index (χ0n) is 11.1. The average molecular weight is 239 g/mol. The lowest BCUT2D eigenvalue weighted by atomic mass is 10.00. The number of hydrogen-bond donors (Lipinski definition) is 1. The monoisotopic (exact) mass is 239 g/mol. The average Bonchev–Trinajstić information content (AvgIpc) is 2.39. The van der Waals surface area contributed by atoms with Crippen LogP contribution in [0.15, 0.2) is 0 Å². The summed E-state index contributed by atoms with van der Waals surface area (Å²) in [6.45, 7) is 2.87. The Morgan fingerprint density at radius 3 is 2.41 bits per heavy atom. The quantitative estimate of drug-likeness (QED) is 0.770. The molecule has 2 fully saturated rings. The van der Waals surface area contributed by atoms with Gasteiger partial charge in [0.15, 0.2) is 0 Å². The van der Waals surface area contributed by atoms with Gasteiger partial charge in [0.1, 0.15) is 0 Å². The molecule has 0 radical (unpaired) electrons. The van der Waals surface area contributed by atoms with Gasteiger partial charge in [-0.05, 0) is 46.3 Å². The van der Waals surface area contributed by atoms with Crippen molar-refractivity contribution in [3.8, 4) is 0 Å². The molecule has 1 amide bonds. The number of nitrogens with zero attached hydrogens (tertiary/aromatic N) is 2. The first-order valence-corrected chi connectivity index (χ1v) is 6.87. The van der Waals surface area contributed by atoms with Crippen molar-refractivity contribution in [2.75, 3.05) is 33.7 Å². The summed E-state index contributed by atoms with van der Waals surface area (Å²) in [5.74, 6) is 0.335. The van der Waals surface area contributed by atoms with E-state index in [1.807, 2.05) is 0 Å². The Kier molecular flexibility index (Phi) is 4.40. The van der Waals surface area contributed by atoms with Crippen molar-refractivity contribution in [1.82, 2.24) is 15.1 Å². The molecule has 2 heterocycles. The zero-order valence-corrected chi connectivity index (χ0v) is 11.1. The second-order valence-corrected chi connectivity index (χ2v) is 5.52. The maximum absolute atomic E-state index is 12.3. The molecule has 0 aromatic carbocycles. The fraction of sp³-hybridized carbons (Fsp3) is 0.923. The lowest BCUT2D eigenvalue weighted by molar-refractivity contribution is -0.135. The van der Waals surface area contributed by atoms with Crippen molar-refractivity contribution in [2.45, 2.75) is 44.2 Å². The van der Waals surface area contributed by atoms with Crippen LogP contribution in [0.1, 0.15) is 32.1 Å². The molecule has 0 saturated carbocycles. The third-order valence-electron chi connectivity index (χ3n) is 4.11. The lowest BCUT2D eigenvalue weighted by Gasteiger charge is -2.37. The van der Waals surface area contributed by atoms with Crippen LogP contribution >= 0.6 is 0 Å². The van der Waals surface area contributed by atoms with Gasteiger partial charge >= 0.3 is 0 Å². The topological polar surface area (TPSA) is 35.6 Å². The van der Waals surface area contributed by atoms with Crippen LogP contribution in [0.3, 0.4) is 0 Å². The van der Waals surface area contributed by atoms with E-state index in [0.29, 0.717) is 11.9 Å². The van der Waals surface area contributed by atoms with Crippen molar-refractivity contribution in [3.63, 3.8) is 0 Å². The Bertz CT molecular complexity index is 253. The molecule has 0 aromatic rings. The van der Waals surface area contributed by atoms with Crippen LogP contribution in [0.5, 0.6) is 0 Å². The van der Waals surface area contributed by atoms with E-state index in [-0.39, 0.29) is 6.04 Å². The second-order valence-electron chi connectivity index (χ2n) is 5.52. The molecule has 1 atom stereocenters. The molecule has 0 bridgehead atoms. The third-order valence-corrected chi connectivity index (χ3v) is 4.11. The van der Waals surface area contributed by atoms with E-state index in [1.165, 1.54) is 12.8 Å². The molecule has 1 unspecified atom stereocenters. The van der Waals surface area contributed by atoms with Crippen molar-refractivity contribution >= 4 is 5.91 Å². The Hall–Kier alpha value is -0.610. The summed E-state index contributed by atoms with van der Waals surface area (Å²) in [6, 6.07) is 0.748. The predicted octanol–water partition coefficient (Wildman–Crippen LogP) is 0.681. The lowest BCUT2D eigenvalue weighted by Crippen LogP contribution is -2.52. The normalized spacial score (nSPS) is 27.5. The van der Waals surface area contributed by atoms with Crippen LogP contribution in [0.2, 0.25) is 0 Å². The van der Waals surface area contributed by atoms with Gasteiger partial charge in [0.05, 0.1) is 6.04 Å². The van der Waals surface area contributed by atoms with Gasteiger partial charge < -0.3 is 15.1 Å². The van der Waals surface area contributed by atoms with Crippen molar-refractivity contribution < 1.29 is 4.79 Å². The van der Waals surface area contributed by atoms with Crippen LogP contribution in [0, 0.1) is 0 Å². The summed E-state index contributed by atoms with van der Waals surface area (Å²) >= 11 is 0. The predicted molar refractivity (Wildman–Crippen MR) is 68.9 cm³/mol. The molecule has 2 aliphatic heterocycles. The molecule has 17 heavy (non-hydrogen) atoms. The van der Waals surface area contributed by atoms with Gasteiger partial charge in [-0.1, -0.05) is 6.42 Å². The first kappa shape index (κ1) is 12.8. The molecule has 2 saturated heterocycles. The van der Waals surface area contributed by atoms with Crippen LogP contribution in [0.4, 0.5) is 0 Å². The second kappa shape index (κ2) is 5.83. The number of carbonyl (C=O) groups excluding carboxylic acids is 1. The number of likely N-dealkylation sites (tertiary alicyclic amines) is 1. The zero-order chi connectivity index (χ0) is 12.3. The minimum Gasteiger partial charge on any atom is -0.341 e. The van der Waals surface area contributed by atoms with Gasteiger partial charge in [0.2, 0.25) is 5.91 Å². The number of nitrogens with one attached hydrogen (secondary N) is 1. The van der Waals surface area contributed by atoms with Crippen LogP contribution in [-0.4, -0.2) is 61.5 Å². The van der Waals surface area contributed by atoms with Crippen LogP contribution in [0.25, 0.3) is 0 Å². The van der Waals surface area contributed by atoms with Gasteiger partial charge in [-0.25, -0.2) is 0 Å². The van der Waals surface area contributed by atoms with E-state index in [2.05, 4.69) is 29.2 Å². The van der Waals surface area contributed by atoms with E-state index in [1.54, 1.807) is 0 Å². The summed E-state index contributed by atoms with van der Waals surface area (Å²) in [6.07, 6.45) is 5.66.